The molecule has 17 heavy (non-hydrogen) atoms. The minimum atomic E-state index is 0.370. The molecule has 2 heterocycles. The van der Waals surface area contributed by atoms with Crippen LogP contribution in [0.3, 0.4) is 0 Å². The first-order chi connectivity index (χ1) is 8.22. The van der Waals surface area contributed by atoms with Gasteiger partial charge in [-0.2, -0.15) is 0 Å². The first-order valence-corrected chi connectivity index (χ1v) is 6.69. The molecule has 0 aliphatic heterocycles. The molecule has 2 aromatic heterocycles. The molecule has 1 N–H and O–H groups in total. The summed E-state index contributed by atoms with van der Waals surface area (Å²) in [6.07, 6.45) is 6.76. The van der Waals surface area contributed by atoms with Crippen LogP contribution in [0.1, 0.15) is 31.2 Å². The lowest BCUT2D eigenvalue weighted by Gasteiger charge is -2.09. The topological polar surface area (TPSA) is 42.7 Å². The van der Waals surface area contributed by atoms with E-state index in [1.165, 1.54) is 4.88 Å². The lowest BCUT2D eigenvalue weighted by molar-refractivity contribution is 0.577. The van der Waals surface area contributed by atoms with Crippen LogP contribution in [0.4, 0.5) is 0 Å². The Morgan fingerprint density at radius 2 is 2.29 bits per heavy atom. The summed E-state index contributed by atoms with van der Waals surface area (Å²) in [5.41, 5.74) is 1.07. The summed E-state index contributed by atoms with van der Waals surface area (Å²) in [5.74, 6) is 0. The second-order valence-corrected chi connectivity index (χ2v) is 5.20. The average molecular weight is 250 g/mol. The Hall–Kier alpha value is -1.20. The van der Waals surface area contributed by atoms with Gasteiger partial charge in [0, 0.05) is 24.2 Å². The molecule has 0 aromatic carbocycles. The van der Waals surface area contributed by atoms with Crippen molar-refractivity contribution in [3.8, 4) is 10.7 Å². The van der Waals surface area contributed by atoms with Gasteiger partial charge in [0.15, 0.2) is 0 Å². The fourth-order valence-electron chi connectivity index (χ4n) is 1.63. The van der Waals surface area contributed by atoms with Gasteiger partial charge in [-0.05, 0) is 19.9 Å². The molecule has 5 heteroatoms. The number of nitrogens with zero attached hydrogens (tertiary/aromatic N) is 3. The van der Waals surface area contributed by atoms with Crippen LogP contribution in [0.15, 0.2) is 18.7 Å². The van der Waals surface area contributed by atoms with Gasteiger partial charge >= 0.3 is 0 Å². The molecular formula is C12H18N4S. The van der Waals surface area contributed by atoms with Gasteiger partial charge in [0.05, 0.1) is 18.2 Å². The van der Waals surface area contributed by atoms with Crippen LogP contribution < -0.4 is 5.32 Å². The third kappa shape index (κ3) is 2.73. The van der Waals surface area contributed by atoms with Crippen LogP contribution in [-0.2, 0) is 7.05 Å². The Morgan fingerprint density at radius 3 is 2.94 bits per heavy atom. The van der Waals surface area contributed by atoms with E-state index >= 15 is 0 Å². The van der Waals surface area contributed by atoms with Crippen molar-refractivity contribution >= 4 is 11.3 Å². The highest BCUT2D eigenvalue weighted by molar-refractivity contribution is 7.15. The van der Waals surface area contributed by atoms with Crippen LogP contribution in [0.25, 0.3) is 10.7 Å². The highest BCUT2D eigenvalue weighted by Crippen LogP contribution is 2.27. The molecule has 0 bridgehead atoms. The summed E-state index contributed by atoms with van der Waals surface area (Å²) >= 11 is 1.73. The molecule has 0 aliphatic carbocycles. The molecule has 0 spiro atoms. The van der Waals surface area contributed by atoms with Crippen LogP contribution in [0.2, 0.25) is 0 Å². The van der Waals surface area contributed by atoms with Crippen LogP contribution >= 0.6 is 11.3 Å². The van der Waals surface area contributed by atoms with E-state index in [-0.39, 0.29) is 0 Å². The predicted octanol–water partition coefficient (Wildman–Crippen LogP) is 2.60. The van der Waals surface area contributed by atoms with E-state index < -0.39 is 0 Å². The van der Waals surface area contributed by atoms with Gasteiger partial charge in [-0.25, -0.2) is 9.97 Å². The standard InChI is InChI=1S/C12H18N4S/c1-4-5-14-9(2)11-7-15-12(17-11)10-6-13-8-16(10)3/h6-9,14H,4-5H2,1-3H3. The predicted molar refractivity (Wildman–Crippen MR) is 71.0 cm³/mol. The summed E-state index contributed by atoms with van der Waals surface area (Å²) in [6, 6.07) is 0.370. The lowest BCUT2D eigenvalue weighted by atomic mass is 10.3. The van der Waals surface area contributed by atoms with Gasteiger partial charge < -0.3 is 9.88 Å². The molecule has 2 rings (SSSR count). The number of aromatic nitrogens is 3. The molecule has 0 saturated heterocycles. The smallest absolute Gasteiger partial charge is 0.141 e. The molecule has 0 fully saturated rings. The van der Waals surface area contributed by atoms with E-state index in [9.17, 15) is 0 Å². The summed E-state index contributed by atoms with van der Waals surface area (Å²) in [7, 11) is 1.99. The van der Waals surface area contributed by atoms with Crippen molar-refractivity contribution in [3.05, 3.63) is 23.6 Å². The van der Waals surface area contributed by atoms with Gasteiger partial charge in [-0.1, -0.05) is 6.92 Å². The zero-order valence-corrected chi connectivity index (χ0v) is 11.3. The number of nitrogens with one attached hydrogen (secondary N) is 1. The zero-order chi connectivity index (χ0) is 12.3. The van der Waals surface area contributed by atoms with Crippen LogP contribution in [0, 0.1) is 0 Å². The number of hydrogen-bond acceptors (Lipinski definition) is 4. The largest absolute Gasteiger partial charge is 0.332 e. The van der Waals surface area contributed by atoms with E-state index in [4.69, 9.17) is 0 Å². The molecule has 92 valence electrons. The van der Waals surface area contributed by atoms with Crippen molar-refractivity contribution in [1.29, 1.82) is 0 Å². The van der Waals surface area contributed by atoms with E-state index in [2.05, 4.69) is 29.1 Å². The number of imidazole rings is 1. The van der Waals surface area contributed by atoms with E-state index in [0.29, 0.717) is 6.04 Å². The van der Waals surface area contributed by atoms with Gasteiger partial charge in [0.1, 0.15) is 5.01 Å². The maximum Gasteiger partial charge on any atom is 0.141 e. The lowest BCUT2D eigenvalue weighted by Crippen LogP contribution is -2.18. The Kier molecular flexibility index (Phi) is 3.91. The van der Waals surface area contributed by atoms with Crippen molar-refractivity contribution in [1.82, 2.24) is 19.9 Å². The maximum atomic E-state index is 4.47. The summed E-state index contributed by atoms with van der Waals surface area (Å²) in [4.78, 5) is 9.85. The monoisotopic (exact) mass is 250 g/mol. The summed E-state index contributed by atoms with van der Waals surface area (Å²) in [5, 5.41) is 4.50. The Labute approximate surface area is 106 Å². The quantitative estimate of drug-likeness (QED) is 0.887. The Balaban J connectivity index is 2.13. The SMILES string of the molecule is CCCNC(C)c1cnc(-c2cncn2C)s1. The molecule has 0 amide bonds. The molecule has 0 aliphatic rings. The molecule has 0 radical (unpaired) electrons. The molecule has 0 saturated carbocycles. The molecule has 4 nitrogen and oxygen atoms in total. The van der Waals surface area contributed by atoms with Crippen molar-refractivity contribution in [2.45, 2.75) is 26.3 Å². The van der Waals surface area contributed by atoms with Gasteiger partial charge in [0.25, 0.3) is 0 Å². The first kappa shape index (κ1) is 12.3. The maximum absolute atomic E-state index is 4.47. The average Bonchev–Trinajstić information content (AvgIpc) is 2.93. The van der Waals surface area contributed by atoms with Crippen LogP contribution in [-0.4, -0.2) is 21.1 Å². The van der Waals surface area contributed by atoms with Crippen molar-refractivity contribution in [2.75, 3.05) is 6.54 Å². The normalized spacial score (nSPS) is 12.9. The van der Waals surface area contributed by atoms with Gasteiger partial charge in [-0.15, -0.1) is 11.3 Å². The minimum absolute atomic E-state index is 0.370. The second-order valence-electron chi connectivity index (χ2n) is 4.13. The molecule has 2 aromatic rings. The number of aryl methyl sites for hydroxylation is 1. The van der Waals surface area contributed by atoms with Crippen LogP contribution in [0.5, 0.6) is 0 Å². The Bertz CT molecular complexity index is 474. The fraction of sp³-hybridized carbons (Fsp3) is 0.500. The molecule has 1 unspecified atom stereocenters. The van der Waals surface area contributed by atoms with Gasteiger partial charge in [0.2, 0.25) is 0 Å². The van der Waals surface area contributed by atoms with Crippen molar-refractivity contribution in [2.24, 2.45) is 7.05 Å². The molecular weight excluding hydrogens is 232 g/mol. The third-order valence-corrected chi connectivity index (χ3v) is 3.89. The number of rotatable bonds is 5. The number of thiazole rings is 1. The van der Waals surface area contributed by atoms with Gasteiger partial charge in [-0.3, -0.25) is 0 Å². The van der Waals surface area contributed by atoms with Crippen molar-refractivity contribution in [3.63, 3.8) is 0 Å². The highest BCUT2D eigenvalue weighted by atomic mass is 32.1. The fourth-order valence-corrected chi connectivity index (χ4v) is 2.63. The third-order valence-electron chi connectivity index (χ3n) is 2.69. The van der Waals surface area contributed by atoms with E-state index in [1.54, 1.807) is 17.7 Å². The van der Waals surface area contributed by atoms with E-state index in [0.717, 1.165) is 23.7 Å². The Morgan fingerprint density at radius 1 is 1.47 bits per heavy atom. The summed E-state index contributed by atoms with van der Waals surface area (Å²) in [6.45, 7) is 5.39. The zero-order valence-electron chi connectivity index (χ0n) is 10.5. The minimum Gasteiger partial charge on any atom is -0.332 e. The number of hydrogen-bond donors (Lipinski definition) is 1. The first-order valence-electron chi connectivity index (χ1n) is 5.88. The van der Waals surface area contributed by atoms with Crippen molar-refractivity contribution < 1.29 is 0 Å². The summed E-state index contributed by atoms with van der Waals surface area (Å²) < 4.78 is 1.99. The van der Waals surface area contributed by atoms with E-state index in [1.807, 2.05) is 24.0 Å². The second kappa shape index (κ2) is 5.42. The highest BCUT2D eigenvalue weighted by Gasteiger charge is 2.12. The molecule has 1 atom stereocenters.